The number of para-hydroxylation sites is 1. The average Bonchev–Trinajstić information content (AvgIpc) is 3.31. The van der Waals surface area contributed by atoms with Crippen LogP contribution in [0.25, 0.3) is 22.2 Å². The monoisotopic (exact) mass is 391 g/mol. The Kier molecular flexibility index (Phi) is 4.90. The van der Waals surface area contributed by atoms with Gasteiger partial charge in [-0.1, -0.05) is 18.2 Å². The summed E-state index contributed by atoms with van der Waals surface area (Å²) in [6, 6.07) is 15.2. The SMILES string of the molecule is COc1ccc(-c2nn(CC(=O)Nc3ccnn3C)c3ccccc23)cc1OC. The van der Waals surface area contributed by atoms with Gasteiger partial charge in [-0.15, -0.1) is 0 Å². The van der Waals surface area contributed by atoms with Crippen molar-refractivity contribution in [3.63, 3.8) is 0 Å². The number of amides is 1. The van der Waals surface area contributed by atoms with Gasteiger partial charge in [0.05, 0.1) is 25.9 Å². The van der Waals surface area contributed by atoms with E-state index in [1.165, 1.54) is 0 Å². The maximum absolute atomic E-state index is 12.6. The predicted molar refractivity (Wildman–Crippen MR) is 110 cm³/mol. The van der Waals surface area contributed by atoms with Gasteiger partial charge in [-0.3, -0.25) is 14.2 Å². The maximum atomic E-state index is 12.6. The zero-order valence-electron chi connectivity index (χ0n) is 16.4. The van der Waals surface area contributed by atoms with Gasteiger partial charge in [-0.2, -0.15) is 10.2 Å². The van der Waals surface area contributed by atoms with E-state index in [9.17, 15) is 4.79 Å². The van der Waals surface area contributed by atoms with Crippen LogP contribution in [-0.4, -0.2) is 39.7 Å². The minimum Gasteiger partial charge on any atom is -0.493 e. The molecule has 0 radical (unpaired) electrons. The molecule has 2 aromatic heterocycles. The molecule has 0 spiro atoms. The van der Waals surface area contributed by atoms with Gasteiger partial charge in [0.25, 0.3) is 0 Å². The van der Waals surface area contributed by atoms with Crippen LogP contribution in [0.2, 0.25) is 0 Å². The summed E-state index contributed by atoms with van der Waals surface area (Å²) in [6.45, 7) is 0.0823. The molecule has 0 unspecified atom stereocenters. The van der Waals surface area contributed by atoms with Crippen molar-refractivity contribution in [2.75, 3.05) is 19.5 Å². The molecular weight excluding hydrogens is 370 g/mol. The van der Waals surface area contributed by atoms with Crippen LogP contribution < -0.4 is 14.8 Å². The van der Waals surface area contributed by atoms with Crippen molar-refractivity contribution in [3.05, 3.63) is 54.7 Å². The van der Waals surface area contributed by atoms with Gasteiger partial charge in [0.2, 0.25) is 5.91 Å². The normalized spacial score (nSPS) is 10.9. The fourth-order valence-corrected chi connectivity index (χ4v) is 3.26. The number of carbonyl (C=O) groups excluding carboxylic acids is 1. The molecule has 0 aliphatic rings. The molecule has 1 N–H and O–H groups in total. The Morgan fingerprint density at radius 2 is 1.86 bits per heavy atom. The smallest absolute Gasteiger partial charge is 0.247 e. The van der Waals surface area contributed by atoms with Crippen LogP contribution in [0.3, 0.4) is 0 Å². The van der Waals surface area contributed by atoms with Crippen molar-refractivity contribution in [1.82, 2.24) is 19.6 Å². The second-order valence-corrected chi connectivity index (χ2v) is 6.48. The Labute approximate surface area is 167 Å². The van der Waals surface area contributed by atoms with Gasteiger partial charge < -0.3 is 14.8 Å². The molecule has 0 saturated heterocycles. The Bertz CT molecular complexity index is 1180. The highest BCUT2D eigenvalue weighted by Crippen LogP contribution is 2.34. The lowest BCUT2D eigenvalue weighted by molar-refractivity contribution is -0.116. The first kappa shape index (κ1) is 18.5. The number of nitrogens with zero attached hydrogens (tertiary/aromatic N) is 4. The fourth-order valence-electron chi connectivity index (χ4n) is 3.26. The van der Waals surface area contributed by atoms with Gasteiger partial charge in [0.1, 0.15) is 18.1 Å². The highest BCUT2D eigenvalue weighted by atomic mass is 16.5. The second-order valence-electron chi connectivity index (χ2n) is 6.48. The molecule has 0 fully saturated rings. The number of carbonyl (C=O) groups is 1. The van der Waals surface area contributed by atoms with Gasteiger partial charge >= 0.3 is 0 Å². The molecule has 0 saturated carbocycles. The Balaban J connectivity index is 1.70. The summed E-state index contributed by atoms with van der Waals surface area (Å²) in [5.41, 5.74) is 2.52. The van der Waals surface area contributed by atoms with Crippen LogP contribution in [-0.2, 0) is 18.4 Å². The summed E-state index contributed by atoms with van der Waals surface area (Å²) in [7, 11) is 4.97. The van der Waals surface area contributed by atoms with Crippen LogP contribution in [0.1, 0.15) is 0 Å². The quantitative estimate of drug-likeness (QED) is 0.546. The zero-order valence-corrected chi connectivity index (χ0v) is 16.4. The molecule has 4 rings (SSSR count). The molecular formula is C21H21N5O3. The molecule has 4 aromatic rings. The van der Waals surface area contributed by atoms with E-state index in [1.54, 1.807) is 42.9 Å². The van der Waals surface area contributed by atoms with Gasteiger partial charge in [0, 0.05) is 24.1 Å². The van der Waals surface area contributed by atoms with Crippen LogP contribution >= 0.6 is 0 Å². The van der Waals surface area contributed by atoms with Crippen molar-refractivity contribution >= 4 is 22.6 Å². The first-order valence-electron chi connectivity index (χ1n) is 9.06. The van der Waals surface area contributed by atoms with Crippen molar-refractivity contribution in [2.45, 2.75) is 6.54 Å². The van der Waals surface area contributed by atoms with Crippen molar-refractivity contribution in [1.29, 1.82) is 0 Å². The lowest BCUT2D eigenvalue weighted by Crippen LogP contribution is -2.21. The number of hydrogen-bond acceptors (Lipinski definition) is 5. The zero-order chi connectivity index (χ0) is 20.4. The number of aromatic nitrogens is 4. The molecule has 0 aliphatic heterocycles. The summed E-state index contributed by atoms with van der Waals surface area (Å²) in [6.07, 6.45) is 1.63. The molecule has 0 bridgehead atoms. The number of methoxy groups -OCH3 is 2. The van der Waals surface area contributed by atoms with E-state index < -0.39 is 0 Å². The largest absolute Gasteiger partial charge is 0.493 e. The number of rotatable bonds is 6. The first-order chi connectivity index (χ1) is 14.1. The second kappa shape index (κ2) is 7.67. The van der Waals surface area contributed by atoms with Crippen LogP contribution in [0.5, 0.6) is 11.5 Å². The van der Waals surface area contributed by atoms with Gasteiger partial charge in [-0.25, -0.2) is 0 Å². The summed E-state index contributed by atoms with van der Waals surface area (Å²) < 4.78 is 14.0. The van der Waals surface area contributed by atoms with Crippen molar-refractivity contribution < 1.29 is 14.3 Å². The molecule has 8 heteroatoms. The molecule has 0 aliphatic carbocycles. The highest BCUT2D eigenvalue weighted by Gasteiger charge is 2.16. The number of anilines is 1. The number of benzene rings is 2. The third kappa shape index (κ3) is 3.52. The Morgan fingerprint density at radius 1 is 1.07 bits per heavy atom. The summed E-state index contributed by atoms with van der Waals surface area (Å²) >= 11 is 0. The third-order valence-electron chi connectivity index (χ3n) is 4.70. The summed E-state index contributed by atoms with van der Waals surface area (Å²) in [5, 5.41) is 12.6. The molecule has 29 heavy (non-hydrogen) atoms. The highest BCUT2D eigenvalue weighted by molar-refractivity contribution is 5.95. The number of nitrogens with one attached hydrogen (secondary N) is 1. The predicted octanol–water partition coefficient (Wildman–Crippen LogP) is 3.09. The molecule has 2 aromatic carbocycles. The summed E-state index contributed by atoms with van der Waals surface area (Å²) in [4.78, 5) is 12.6. The van der Waals surface area contributed by atoms with Crippen molar-refractivity contribution in [3.8, 4) is 22.8 Å². The fraction of sp³-hybridized carbons (Fsp3) is 0.190. The van der Waals surface area contributed by atoms with E-state index in [0.717, 1.165) is 22.2 Å². The van der Waals surface area contributed by atoms with E-state index in [4.69, 9.17) is 14.6 Å². The molecule has 148 valence electrons. The lowest BCUT2D eigenvalue weighted by Gasteiger charge is -2.08. The topological polar surface area (TPSA) is 83.2 Å². The lowest BCUT2D eigenvalue weighted by atomic mass is 10.1. The van der Waals surface area contributed by atoms with E-state index in [2.05, 4.69) is 10.4 Å². The summed E-state index contributed by atoms with van der Waals surface area (Å²) in [5.74, 6) is 1.72. The van der Waals surface area contributed by atoms with Crippen LogP contribution in [0.4, 0.5) is 5.82 Å². The van der Waals surface area contributed by atoms with Crippen LogP contribution in [0, 0.1) is 0 Å². The number of hydrogen-bond donors (Lipinski definition) is 1. The minimum absolute atomic E-state index is 0.0823. The van der Waals surface area contributed by atoms with E-state index in [1.807, 2.05) is 42.5 Å². The average molecular weight is 391 g/mol. The Morgan fingerprint density at radius 3 is 2.59 bits per heavy atom. The van der Waals surface area contributed by atoms with Gasteiger partial charge in [0.15, 0.2) is 11.5 Å². The van der Waals surface area contributed by atoms with E-state index >= 15 is 0 Å². The van der Waals surface area contributed by atoms with Crippen LogP contribution in [0.15, 0.2) is 54.7 Å². The Hall–Kier alpha value is -3.81. The third-order valence-corrected chi connectivity index (χ3v) is 4.70. The number of ether oxygens (including phenoxy) is 2. The molecule has 2 heterocycles. The van der Waals surface area contributed by atoms with Gasteiger partial charge in [-0.05, 0) is 24.3 Å². The minimum atomic E-state index is -0.180. The van der Waals surface area contributed by atoms with E-state index in [-0.39, 0.29) is 12.5 Å². The molecule has 1 amide bonds. The maximum Gasteiger partial charge on any atom is 0.247 e. The molecule has 8 nitrogen and oxygen atoms in total. The van der Waals surface area contributed by atoms with Crippen molar-refractivity contribution in [2.24, 2.45) is 7.05 Å². The molecule has 0 atom stereocenters. The first-order valence-corrected chi connectivity index (χ1v) is 9.06. The van der Waals surface area contributed by atoms with E-state index in [0.29, 0.717) is 17.3 Å². The number of fused-ring (bicyclic) bond motifs is 1. The standard InChI is InChI=1S/C21H21N5O3/c1-25-19(10-11-22-25)23-20(27)13-26-16-7-5-4-6-15(16)21(24-26)14-8-9-17(28-2)18(12-14)29-3/h4-12H,13H2,1-3H3,(H,23,27). The number of aryl methyl sites for hydroxylation is 1.